The minimum absolute atomic E-state index is 0.00490. The quantitative estimate of drug-likeness (QED) is 0.696. The standard InChI is InChI=1S/C24H28N2O3/c1-17-8-9-22-20(16-29-24(22)18(17)2)12-23(27)25-13-21-15-26(10-11-28-21)14-19-6-4-3-5-7-19/h3-9,16,21H,10-15H2,1-2H3,(H,25,27). The van der Waals surface area contributed by atoms with Gasteiger partial charge >= 0.3 is 0 Å². The number of nitrogens with one attached hydrogen (secondary N) is 1. The van der Waals surface area contributed by atoms with Gasteiger partial charge in [0.25, 0.3) is 0 Å². The Labute approximate surface area is 171 Å². The summed E-state index contributed by atoms with van der Waals surface area (Å²) in [6.07, 6.45) is 2.04. The van der Waals surface area contributed by atoms with Crippen molar-refractivity contribution in [2.45, 2.75) is 32.9 Å². The Morgan fingerprint density at radius 3 is 2.83 bits per heavy atom. The molecule has 0 radical (unpaired) electrons. The number of carbonyl (C=O) groups is 1. The number of morpholine rings is 1. The number of hydrogen-bond donors (Lipinski definition) is 1. The van der Waals surface area contributed by atoms with Crippen molar-refractivity contribution in [1.29, 1.82) is 0 Å². The van der Waals surface area contributed by atoms with Crippen LogP contribution in [0.1, 0.15) is 22.3 Å². The van der Waals surface area contributed by atoms with E-state index in [9.17, 15) is 4.79 Å². The van der Waals surface area contributed by atoms with Crippen LogP contribution in [0.25, 0.3) is 11.0 Å². The number of nitrogens with zero attached hydrogens (tertiary/aromatic N) is 1. The number of fused-ring (bicyclic) bond motifs is 1. The number of benzene rings is 2. The van der Waals surface area contributed by atoms with Crippen LogP contribution in [-0.2, 0) is 22.5 Å². The second-order valence-corrected chi connectivity index (χ2v) is 7.84. The first-order chi connectivity index (χ1) is 14.1. The van der Waals surface area contributed by atoms with Gasteiger partial charge in [0.2, 0.25) is 5.91 Å². The Morgan fingerprint density at radius 1 is 1.17 bits per heavy atom. The van der Waals surface area contributed by atoms with Gasteiger partial charge in [0.15, 0.2) is 0 Å². The van der Waals surface area contributed by atoms with E-state index in [1.54, 1.807) is 6.26 Å². The van der Waals surface area contributed by atoms with Crippen LogP contribution in [0.5, 0.6) is 0 Å². The Bertz CT molecular complexity index is 980. The van der Waals surface area contributed by atoms with Gasteiger partial charge in [0.1, 0.15) is 5.58 Å². The second-order valence-electron chi connectivity index (χ2n) is 7.84. The molecule has 2 heterocycles. The van der Waals surface area contributed by atoms with E-state index in [1.807, 2.05) is 19.1 Å². The fourth-order valence-electron chi connectivity index (χ4n) is 3.88. The summed E-state index contributed by atoms with van der Waals surface area (Å²) in [4.78, 5) is 14.9. The first-order valence-electron chi connectivity index (χ1n) is 10.2. The van der Waals surface area contributed by atoms with E-state index in [0.717, 1.165) is 41.7 Å². The highest BCUT2D eigenvalue weighted by Crippen LogP contribution is 2.26. The lowest BCUT2D eigenvalue weighted by atomic mass is 10.0. The van der Waals surface area contributed by atoms with Crippen molar-refractivity contribution in [2.75, 3.05) is 26.2 Å². The molecule has 5 nitrogen and oxygen atoms in total. The number of hydrogen-bond acceptors (Lipinski definition) is 4. The Morgan fingerprint density at radius 2 is 2.00 bits per heavy atom. The van der Waals surface area contributed by atoms with E-state index in [-0.39, 0.29) is 12.0 Å². The first-order valence-corrected chi connectivity index (χ1v) is 10.2. The smallest absolute Gasteiger partial charge is 0.224 e. The van der Waals surface area contributed by atoms with Crippen LogP contribution in [0, 0.1) is 13.8 Å². The molecule has 152 valence electrons. The van der Waals surface area contributed by atoms with Gasteiger partial charge in [-0.2, -0.15) is 0 Å². The van der Waals surface area contributed by atoms with E-state index in [1.165, 1.54) is 11.1 Å². The van der Waals surface area contributed by atoms with Crippen LogP contribution in [-0.4, -0.2) is 43.2 Å². The third-order valence-corrected chi connectivity index (χ3v) is 5.69. The molecule has 0 aliphatic carbocycles. The van der Waals surface area contributed by atoms with Crippen molar-refractivity contribution in [3.63, 3.8) is 0 Å². The summed E-state index contributed by atoms with van der Waals surface area (Å²) in [6.45, 7) is 7.98. The summed E-state index contributed by atoms with van der Waals surface area (Å²) in [5, 5.41) is 4.05. The molecule has 1 atom stereocenters. The summed E-state index contributed by atoms with van der Waals surface area (Å²) >= 11 is 0. The molecular weight excluding hydrogens is 364 g/mol. The molecule has 0 saturated carbocycles. The predicted octanol–water partition coefficient (Wildman–Crippen LogP) is 3.61. The molecule has 0 bridgehead atoms. The van der Waals surface area contributed by atoms with Crippen molar-refractivity contribution < 1.29 is 13.9 Å². The highest BCUT2D eigenvalue weighted by Gasteiger charge is 2.21. The first kappa shape index (κ1) is 19.7. The lowest BCUT2D eigenvalue weighted by Gasteiger charge is -2.33. The van der Waals surface area contributed by atoms with Crippen molar-refractivity contribution in [1.82, 2.24) is 10.2 Å². The Hall–Kier alpha value is -2.63. The van der Waals surface area contributed by atoms with E-state index in [2.05, 4.69) is 47.5 Å². The molecule has 3 aromatic rings. The molecule has 5 heteroatoms. The van der Waals surface area contributed by atoms with Crippen LogP contribution in [0.3, 0.4) is 0 Å². The maximum absolute atomic E-state index is 12.5. The predicted molar refractivity (Wildman–Crippen MR) is 114 cm³/mol. The third kappa shape index (κ3) is 4.69. The van der Waals surface area contributed by atoms with E-state index in [4.69, 9.17) is 9.15 Å². The van der Waals surface area contributed by atoms with Crippen LogP contribution >= 0.6 is 0 Å². The van der Waals surface area contributed by atoms with Gasteiger partial charge in [-0.05, 0) is 30.5 Å². The monoisotopic (exact) mass is 392 g/mol. The molecule has 0 spiro atoms. The average molecular weight is 392 g/mol. The van der Waals surface area contributed by atoms with Gasteiger partial charge in [-0.25, -0.2) is 0 Å². The maximum Gasteiger partial charge on any atom is 0.224 e. The molecule has 1 saturated heterocycles. The van der Waals surface area contributed by atoms with E-state index in [0.29, 0.717) is 19.6 Å². The van der Waals surface area contributed by atoms with Gasteiger partial charge in [-0.1, -0.05) is 42.5 Å². The Kier molecular flexibility index (Phi) is 5.97. The lowest BCUT2D eigenvalue weighted by Crippen LogP contribution is -2.47. The van der Waals surface area contributed by atoms with Gasteiger partial charge in [0.05, 0.1) is 25.4 Å². The zero-order valence-corrected chi connectivity index (χ0v) is 17.1. The van der Waals surface area contributed by atoms with Crippen molar-refractivity contribution in [3.8, 4) is 0 Å². The topological polar surface area (TPSA) is 54.7 Å². The highest BCUT2D eigenvalue weighted by atomic mass is 16.5. The number of amides is 1. The fraction of sp³-hybridized carbons (Fsp3) is 0.375. The molecule has 2 aromatic carbocycles. The summed E-state index contributed by atoms with van der Waals surface area (Å²) < 4.78 is 11.6. The normalized spacial score (nSPS) is 17.5. The number of ether oxygens (including phenoxy) is 1. The molecule has 1 amide bonds. The molecule has 1 aromatic heterocycles. The Balaban J connectivity index is 1.30. The van der Waals surface area contributed by atoms with Gasteiger partial charge in [-0.15, -0.1) is 0 Å². The van der Waals surface area contributed by atoms with Crippen molar-refractivity contribution in [3.05, 3.63) is 71.0 Å². The molecule has 4 rings (SSSR count). The molecule has 1 aliphatic heterocycles. The minimum atomic E-state index is -0.00490. The molecule has 1 fully saturated rings. The fourth-order valence-corrected chi connectivity index (χ4v) is 3.88. The SMILES string of the molecule is Cc1ccc2c(CC(=O)NCC3CN(Cc4ccccc4)CCO3)coc2c1C. The van der Waals surface area contributed by atoms with Gasteiger partial charge < -0.3 is 14.5 Å². The minimum Gasteiger partial charge on any atom is -0.464 e. The van der Waals surface area contributed by atoms with Crippen molar-refractivity contribution >= 4 is 16.9 Å². The van der Waals surface area contributed by atoms with Crippen LogP contribution in [0.4, 0.5) is 0 Å². The van der Waals surface area contributed by atoms with Crippen LogP contribution in [0.2, 0.25) is 0 Å². The largest absolute Gasteiger partial charge is 0.464 e. The van der Waals surface area contributed by atoms with Gasteiger partial charge in [-0.3, -0.25) is 9.69 Å². The lowest BCUT2D eigenvalue weighted by molar-refractivity contribution is -0.121. The second kappa shape index (κ2) is 8.80. The molecule has 29 heavy (non-hydrogen) atoms. The van der Waals surface area contributed by atoms with Gasteiger partial charge in [0, 0.05) is 37.1 Å². The maximum atomic E-state index is 12.5. The number of aryl methyl sites for hydroxylation is 2. The molecule has 1 N–H and O–H groups in total. The summed E-state index contributed by atoms with van der Waals surface area (Å²) in [5.74, 6) is -0.00490. The zero-order chi connectivity index (χ0) is 20.2. The highest BCUT2D eigenvalue weighted by molar-refractivity contribution is 5.89. The van der Waals surface area contributed by atoms with E-state index >= 15 is 0 Å². The number of rotatable bonds is 6. The summed E-state index contributed by atoms with van der Waals surface area (Å²) in [6, 6.07) is 14.6. The zero-order valence-electron chi connectivity index (χ0n) is 17.1. The molecule has 1 unspecified atom stereocenters. The molecule has 1 aliphatic rings. The van der Waals surface area contributed by atoms with E-state index < -0.39 is 0 Å². The summed E-state index contributed by atoms with van der Waals surface area (Å²) in [7, 11) is 0. The van der Waals surface area contributed by atoms with Crippen LogP contribution < -0.4 is 5.32 Å². The van der Waals surface area contributed by atoms with Crippen molar-refractivity contribution in [2.24, 2.45) is 0 Å². The number of carbonyl (C=O) groups excluding carboxylic acids is 1. The number of furan rings is 1. The third-order valence-electron chi connectivity index (χ3n) is 5.69. The average Bonchev–Trinajstić information content (AvgIpc) is 3.13. The summed E-state index contributed by atoms with van der Waals surface area (Å²) in [5.41, 5.74) is 5.42. The molecular formula is C24H28N2O3. The van der Waals surface area contributed by atoms with Crippen LogP contribution in [0.15, 0.2) is 53.1 Å².